The zero-order chi connectivity index (χ0) is 25.1. The Hall–Kier alpha value is -3.80. The molecule has 1 aliphatic rings. The number of aryl methyl sites for hydroxylation is 3. The van der Waals surface area contributed by atoms with Crippen molar-refractivity contribution in [1.82, 2.24) is 9.55 Å². The second-order valence-electron chi connectivity index (χ2n) is 9.59. The van der Waals surface area contributed by atoms with Gasteiger partial charge in [0.25, 0.3) is 0 Å². The van der Waals surface area contributed by atoms with Crippen LogP contribution in [0.5, 0.6) is 11.5 Å². The van der Waals surface area contributed by atoms with Gasteiger partial charge < -0.3 is 18.9 Å². The van der Waals surface area contributed by atoms with Crippen LogP contribution >= 0.6 is 0 Å². The topological polar surface area (TPSA) is 56.6 Å². The molecule has 1 unspecified atom stereocenters. The molecule has 1 saturated heterocycles. The first-order valence-corrected chi connectivity index (χ1v) is 12.6. The fourth-order valence-electron chi connectivity index (χ4n) is 5.11. The minimum atomic E-state index is 0.0542. The van der Waals surface area contributed by atoms with Crippen molar-refractivity contribution in [3.05, 3.63) is 83.7 Å². The quantitative estimate of drug-likeness (QED) is 0.272. The molecule has 1 amide bonds. The average molecular weight is 484 g/mol. The molecule has 0 radical (unpaired) electrons. The van der Waals surface area contributed by atoms with Crippen molar-refractivity contribution in [2.24, 2.45) is 0 Å². The Balaban J connectivity index is 1.28. The fourth-order valence-corrected chi connectivity index (χ4v) is 5.11. The highest BCUT2D eigenvalue weighted by molar-refractivity contribution is 5.96. The number of aromatic nitrogens is 2. The Kier molecular flexibility index (Phi) is 6.94. The van der Waals surface area contributed by atoms with Gasteiger partial charge in [0, 0.05) is 31.1 Å². The molecule has 2 heterocycles. The Labute approximate surface area is 212 Å². The van der Waals surface area contributed by atoms with E-state index in [1.807, 2.05) is 35.2 Å². The maximum atomic E-state index is 13.0. The van der Waals surface area contributed by atoms with Gasteiger partial charge in [-0.15, -0.1) is 0 Å². The van der Waals surface area contributed by atoms with Crippen molar-refractivity contribution in [1.29, 1.82) is 0 Å². The molecule has 3 aromatic carbocycles. The van der Waals surface area contributed by atoms with Gasteiger partial charge in [0.05, 0.1) is 24.8 Å². The van der Waals surface area contributed by atoms with E-state index in [2.05, 4.69) is 54.8 Å². The number of para-hydroxylation sites is 2. The summed E-state index contributed by atoms with van der Waals surface area (Å²) in [5.74, 6) is 2.90. The van der Waals surface area contributed by atoms with Crippen LogP contribution in [0.15, 0.2) is 66.7 Å². The number of imidazole rings is 1. The minimum absolute atomic E-state index is 0.0542. The summed E-state index contributed by atoms with van der Waals surface area (Å²) < 4.78 is 13.6. The van der Waals surface area contributed by atoms with Crippen LogP contribution < -0.4 is 14.4 Å². The fraction of sp³-hybridized carbons (Fsp3) is 0.333. The molecule has 5 rings (SSSR count). The van der Waals surface area contributed by atoms with Crippen LogP contribution in [0.3, 0.4) is 0 Å². The van der Waals surface area contributed by atoms with Gasteiger partial charge in [-0.05, 0) is 86.3 Å². The predicted molar refractivity (Wildman–Crippen MR) is 143 cm³/mol. The summed E-state index contributed by atoms with van der Waals surface area (Å²) in [5.41, 5.74) is 5.44. The Morgan fingerprint density at radius 2 is 1.69 bits per heavy atom. The number of carbonyl (C=O) groups excluding carboxylic acids is 1. The summed E-state index contributed by atoms with van der Waals surface area (Å²) in [6.07, 6.45) is 2.38. The summed E-state index contributed by atoms with van der Waals surface area (Å²) in [4.78, 5) is 19.8. The summed E-state index contributed by atoms with van der Waals surface area (Å²) >= 11 is 0. The molecule has 1 aliphatic heterocycles. The molecule has 4 aromatic rings. The summed E-state index contributed by atoms with van der Waals surface area (Å²) in [7, 11) is 1.65. The average Bonchev–Trinajstić information content (AvgIpc) is 3.44. The third-order valence-corrected chi connectivity index (χ3v) is 6.80. The number of amides is 1. The van der Waals surface area contributed by atoms with Crippen LogP contribution in [0.4, 0.5) is 5.69 Å². The number of hydrogen-bond acceptors (Lipinski definition) is 4. The van der Waals surface area contributed by atoms with Crippen LogP contribution in [0.25, 0.3) is 11.0 Å². The number of benzene rings is 3. The third kappa shape index (κ3) is 5.08. The molecular formula is C30H33N3O3. The highest BCUT2D eigenvalue weighted by atomic mass is 16.5. The molecule has 1 aromatic heterocycles. The Morgan fingerprint density at radius 1 is 0.944 bits per heavy atom. The van der Waals surface area contributed by atoms with Gasteiger partial charge in [0.1, 0.15) is 17.3 Å². The highest BCUT2D eigenvalue weighted by Gasteiger charge is 2.34. The van der Waals surface area contributed by atoms with Gasteiger partial charge in [-0.25, -0.2) is 4.98 Å². The van der Waals surface area contributed by atoms with Crippen molar-refractivity contribution in [3.63, 3.8) is 0 Å². The van der Waals surface area contributed by atoms with E-state index < -0.39 is 0 Å². The first kappa shape index (κ1) is 23.9. The van der Waals surface area contributed by atoms with Gasteiger partial charge in [-0.1, -0.05) is 18.2 Å². The Morgan fingerprint density at radius 3 is 2.44 bits per heavy atom. The second kappa shape index (κ2) is 10.4. The molecule has 0 N–H and O–H groups in total. The molecule has 1 fully saturated rings. The lowest BCUT2D eigenvalue weighted by molar-refractivity contribution is -0.117. The SMILES string of the molecule is COc1ccc(N2CC(c3nc4ccccc4n3CCCCOc3cc(C)cc(C)c3)CC2=O)cc1. The van der Waals surface area contributed by atoms with Crippen LogP contribution in [-0.4, -0.2) is 35.7 Å². The molecule has 6 heteroatoms. The molecule has 0 spiro atoms. The van der Waals surface area contributed by atoms with E-state index in [4.69, 9.17) is 14.5 Å². The van der Waals surface area contributed by atoms with Crippen molar-refractivity contribution < 1.29 is 14.3 Å². The van der Waals surface area contributed by atoms with Crippen molar-refractivity contribution >= 4 is 22.6 Å². The standard InChI is InChI=1S/C30H33N3O3/c1-21-16-22(2)18-26(17-21)36-15-7-6-14-32-28-9-5-4-8-27(28)31-30(32)23-19-29(34)33(20-23)24-10-12-25(35-3)13-11-24/h4-5,8-13,16-18,23H,6-7,14-15,19-20H2,1-3H3. The molecule has 186 valence electrons. The Bertz CT molecular complexity index is 1340. The number of hydrogen-bond donors (Lipinski definition) is 0. The lowest BCUT2D eigenvalue weighted by atomic mass is 10.1. The van der Waals surface area contributed by atoms with E-state index >= 15 is 0 Å². The number of nitrogens with zero attached hydrogens (tertiary/aromatic N) is 3. The van der Waals surface area contributed by atoms with Crippen molar-refractivity contribution in [2.45, 2.75) is 45.6 Å². The largest absolute Gasteiger partial charge is 0.497 e. The van der Waals surface area contributed by atoms with E-state index in [1.165, 1.54) is 11.1 Å². The molecule has 0 bridgehead atoms. The summed E-state index contributed by atoms with van der Waals surface area (Å²) in [6, 6.07) is 22.2. The number of anilines is 1. The summed E-state index contributed by atoms with van der Waals surface area (Å²) in [5, 5.41) is 0. The van der Waals surface area contributed by atoms with E-state index in [9.17, 15) is 4.79 Å². The van der Waals surface area contributed by atoms with Gasteiger partial charge >= 0.3 is 0 Å². The van der Waals surface area contributed by atoms with Crippen molar-refractivity contribution in [3.8, 4) is 11.5 Å². The van der Waals surface area contributed by atoms with Gasteiger partial charge in [-0.2, -0.15) is 0 Å². The normalized spacial score (nSPS) is 15.6. The molecule has 0 saturated carbocycles. The van der Waals surface area contributed by atoms with Gasteiger partial charge in [0.2, 0.25) is 5.91 Å². The van der Waals surface area contributed by atoms with Crippen molar-refractivity contribution in [2.75, 3.05) is 25.2 Å². The smallest absolute Gasteiger partial charge is 0.227 e. The molecule has 36 heavy (non-hydrogen) atoms. The maximum Gasteiger partial charge on any atom is 0.227 e. The van der Waals surface area contributed by atoms with E-state index in [-0.39, 0.29) is 11.8 Å². The molecule has 1 atom stereocenters. The minimum Gasteiger partial charge on any atom is -0.497 e. The highest BCUT2D eigenvalue weighted by Crippen LogP contribution is 2.34. The first-order valence-electron chi connectivity index (χ1n) is 12.6. The third-order valence-electron chi connectivity index (χ3n) is 6.80. The number of unbranched alkanes of at least 4 members (excludes halogenated alkanes) is 1. The lowest BCUT2D eigenvalue weighted by Gasteiger charge is -2.18. The first-order chi connectivity index (χ1) is 17.5. The van der Waals surface area contributed by atoms with Gasteiger partial charge in [-0.3, -0.25) is 4.79 Å². The van der Waals surface area contributed by atoms with Crippen LogP contribution in [0, 0.1) is 13.8 Å². The number of carbonyl (C=O) groups is 1. The van der Waals surface area contributed by atoms with E-state index in [0.29, 0.717) is 19.6 Å². The van der Waals surface area contributed by atoms with Crippen LogP contribution in [0.1, 0.15) is 42.1 Å². The van der Waals surface area contributed by atoms with E-state index in [0.717, 1.165) is 53.4 Å². The van der Waals surface area contributed by atoms with E-state index in [1.54, 1.807) is 7.11 Å². The van der Waals surface area contributed by atoms with Crippen LogP contribution in [-0.2, 0) is 11.3 Å². The zero-order valence-electron chi connectivity index (χ0n) is 21.2. The maximum absolute atomic E-state index is 13.0. The second-order valence-corrected chi connectivity index (χ2v) is 9.59. The predicted octanol–water partition coefficient (Wildman–Crippen LogP) is 6.04. The van der Waals surface area contributed by atoms with Crippen LogP contribution in [0.2, 0.25) is 0 Å². The monoisotopic (exact) mass is 483 g/mol. The molecule has 6 nitrogen and oxygen atoms in total. The molecule has 0 aliphatic carbocycles. The number of fused-ring (bicyclic) bond motifs is 1. The van der Waals surface area contributed by atoms with Gasteiger partial charge in [0.15, 0.2) is 0 Å². The zero-order valence-corrected chi connectivity index (χ0v) is 21.2. The lowest BCUT2D eigenvalue weighted by Crippen LogP contribution is -2.24. The number of methoxy groups -OCH3 is 1. The number of rotatable bonds is 9. The number of ether oxygens (including phenoxy) is 2. The summed E-state index contributed by atoms with van der Waals surface area (Å²) in [6.45, 7) is 6.34. The molecular weight excluding hydrogens is 450 g/mol.